The van der Waals surface area contributed by atoms with E-state index in [0.29, 0.717) is 5.92 Å². The van der Waals surface area contributed by atoms with E-state index in [-0.39, 0.29) is 0 Å². The molecule has 1 rings (SSSR count). The first-order valence-corrected chi connectivity index (χ1v) is 8.36. The molecule has 1 atom stereocenters. The van der Waals surface area contributed by atoms with E-state index in [1.54, 1.807) is 7.11 Å². The Morgan fingerprint density at radius 3 is 1.86 bits per heavy atom. The topological polar surface area (TPSA) is 9.23 Å². The first-order valence-electron chi connectivity index (χ1n) is 8.36. The van der Waals surface area contributed by atoms with Gasteiger partial charge in [-0.25, -0.2) is 0 Å². The number of rotatable bonds is 5. The maximum absolute atomic E-state index is 5.15. The Labute approximate surface area is 139 Å². The molecule has 22 heavy (non-hydrogen) atoms. The molecule has 0 bridgehead atoms. The van der Waals surface area contributed by atoms with Crippen molar-refractivity contribution in [3.63, 3.8) is 0 Å². The van der Waals surface area contributed by atoms with E-state index in [9.17, 15) is 0 Å². The zero-order valence-electron chi connectivity index (χ0n) is 15.9. The number of methoxy groups -OCH3 is 1. The molecule has 0 radical (unpaired) electrons. The molecule has 0 N–H and O–H groups in total. The summed E-state index contributed by atoms with van der Waals surface area (Å²) < 4.78 is 5.15. The minimum absolute atomic E-state index is 0.508. The van der Waals surface area contributed by atoms with Crippen molar-refractivity contribution in [2.45, 2.75) is 54.9 Å². The summed E-state index contributed by atoms with van der Waals surface area (Å²) in [5, 5.41) is 0. The van der Waals surface area contributed by atoms with Crippen LogP contribution in [-0.2, 0) is 0 Å². The summed E-state index contributed by atoms with van der Waals surface area (Å²) in [7, 11) is 1.69. The Hall–Kier alpha value is -1.50. The minimum Gasteiger partial charge on any atom is -0.497 e. The predicted octanol–water partition coefficient (Wildman–Crippen LogP) is 7.00. The van der Waals surface area contributed by atoms with Crippen LogP contribution in [0.5, 0.6) is 5.75 Å². The van der Waals surface area contributed by atoms with Crippen molar-refractivity contribution in [2.75, 3.05) is 7.11 Å². The second kappa shape index (κ2) is 14.4. The fourth-order valence-corrected chi connectivity index (χ4v) is 1.64. The van der Waals surface area contributed by atoms with Gasteiger partial charge in [-0.3, -0.25) is 0 Å². The summed E-state index contributed by atoms with van der Waals surface area (Å²) in [6.07, 6.45) is 5.20. The molecule has 0 heterocycles. The number of hydrogen-bond donors (Lipinski definition) is 0. The van der Waals surface area contributed by atoms with Crippen LogP contribution in [0.25, 0.3) is 5.57 Å². The lowest BCUT2D eigenvalue weighted by molar-refractivity contribution is 0.415. The number of hydrogen-bond acceptors (Lipinski definition) is 1. The van der Waals surface area contributed by atoms with Crippen molar-refractivity contribution in [3.05, 3.63) is 48.6 Å². The van der Waals surface area contributed by atoms with Crippen molar-refractivity contribution in [3.8, 4) is 5.75 Å². The molecule has 0 fully saturated rings. The molecule has 1 unspecified atom stereocenters. The third kappa shape index (κ3) is 11.2. The Balaban J connectivity index is 0. The first-order chi connectivity index (χ1) is 10.4. The molecule has 0 aliphatic heterocycles. The summed E-state index contributed by atoms with van der Waals surface area (Å²) in [6, 6.07) is 8.20. The summed E-state index contributed by atoms with van der Waals surface area (Å²) in [6.45, 7) is 18.6. The van der Waals surface area contributed by atoms with Crippen molar-refractivity contribution >= 4 is 5.57 Å². The van der Waals surface area contributed by atoms with Crippen molar-refractivity contribution < 1.29 is 4.74 Å². The fraction of sp³-hybridized carbons (Fsp3) is 0.524. The van der Waals surface area contributed by atoms with Crippen molar-refractivity contribution in [2.24, 2.45) is 11.8 Å². The number of benzene rings is 1. The maximum atomic E-state index is 5.15. The van der Waals surface area contributed by atoms with Gasteiger partial charge in [0.2, 0.25) is 0 Å². The number of ether oxygens (including phenoxy) is 1. The quantitative estimate of drug-likeness (QED) is 0.532. The van der Waals surface area contributed by atoms with E-state index in [1.165, 1.54) is 11.1 Å². The number of allylic oxidation sites excluding steroid dienone is 3. The molecule has 0 aromatic heterocycles. The van der Waals surface area contributed by atoms with Crippen LogP contribution in [0.15, 0.2) is 43.0 Å². The van der Waals surface area contributed by atoms with Gasteiger partial charge in [0, 0.05) is 0 Å². The average molecular weight is 305 g/mol. The van der Waals surface area contributed by atoms with Gasteiger partial charge in [0.15, 0.2) is 0 Å². The van der Waals surface area contributed by atoms with E-state index in [1.807, 2.05) is 32.1 Å². The molecule has 0 saturated carbocycles. The molecule has 0 aliphatic carbocycles. The van der Waals surface area contributed by atoms with Gasteiger partial charge in [-0.2, -0.15) is 0 Å². The zero-order chi connectivity index (χ0) is 17.5. The lowest BCUT2D eigenvalue weighted by Gasteiger charge is -2.11. The standard InChI is InChI=1S/C15H20O.C4H10.C2H6/c1-5-12(3)11-13(6-2)14-7-9-15(16-4)10-8-14;1-4(2)3;1-2/h5-10,12H,1,11H2,2-4H3;4H,1-3H3;1-2H3/b13-6+;;. The van der Waals surface area contributed by atoms with Crippen LogP contribution in [0.2, 0.25) is 0 Å². The van der Waals surface area contributed by atoms with E-state index < -0.39 is 0 Å². The molecule has 1 aromatic carbocycles. The van der Waals surface area contributed by atoms with Crippen molar-refractivity contribution in [1.82, 2.24) is 0 Å². The van der Waals surface area contributed by atoms with Crippen LogP contribution < -0.4 is 4.74 Å². The molecular weight excluding hydrogens is 268 g/mol. The normalized spacial score (nSPS) is 11.6. The maximum Gasteiger partial charge on any atom is 0.118 e. The third-order valence-corrected chi connectivity index (χ3v) is 2.75. The van der Waals surface area contributed by atoms with Gasteiger partial charge in [0.1, 0.15) is 5.75 Å². The Morgan fingerprint density at radius 1 is 1.09 bits per heavy atom. The van der Waals surface area contributed by atoms with Gasteiger partial charge < -0.3 is 4.74 Å². The second-order valence-electron chi connectivity index (χ2n) is 5.69. The Kier molecular flexibility index (Phi) is 14.9. The van der Waals surface area contributed by atoms with Crippen molar-refractivity contribution in [1.29, 1.82) is 0 Å². The summed E-state index contributed by atoms with van der Waals surface area (Å²) in [4.78, 5) is 0. The Morgan fingerprint density at radius 2 is 1.55 bits per heavy atom. The van der Waals surface area contributed by atoms with Crippen LogP contribution >= 0.6 is 0 Å². The summed E-state index contributed by atoms with van der Waals surface area (Å²) in [5.74, 6) is 2.24. The van der Waals surface area contributed by atoms with E-state index >= 15 is 0 Å². The van der Waals surface area contributed by atoms with Gasteiger partial charge in [-0.1, -0.05) is 65.8 Å². The molecule has 0 aliphatic rings. The predicted molar refractivity (Wildman–Crippen MR) is 102 cm³/mol. The van der Waals surface area contributed by atoms with Gasteiger partial charge in [-0.15, -0.1) is 6.58 Å². The van der Waals surface area contributed by atoms with Crippen LogP contribution in [0.4, 0.5) is 0 Å². The fourth-order valence-electron chi connectivity index (χ4n) is 1.64. The largest absolute Gasteiger partial charge is 0.497 e. The van der Waals surface area contributed by atoms with Crippen LogP contribution in [0.1, 0.15) is 60.5 Å². The molecular formula is C21H36O. The van der Waals surface area contributed by atoms with Crippen LogP contribution in [0.3, 0.4) is 0 Å². The lowest BCUT2D eigenvalue weighted by Crippen LogP contribution is -1.93. The average Bonchev–Trinajstić information content (AvgIpc) is 2.54. The summed E-state index contributed by atoms with van der Waals surface area (Å²) in [5.41, 5.74) is 2.62. The molecule has 126 valence electrons. The molecule has 1 aromatic rings. The van der Waals surface area contributed by atoms with E-state index in [2.05, 4.69) is 59.4 Å². The molecule has 0 amide bonds. The monoisotopic (exact) mass is 304 g/mol. The highest BCUT2D eigenvalue weighted by molar-refractivity contribution is 5.66. The SMILES string of the molecule is C=CC(C)C/C(=C\C)c1ccc(OC)cc1.CC.CC(C)C. The van der Waals surface area contributed by atoms with Gasteiger partial charge in [0.05, 0.1) is 7.11 Å². The third-order valence-electron chi connectivity index (χ3n) is 2.75. The van der Waals surface area contributed by atoms with E-state index in [4.69, 9.17) is 4.74 Å². The van der Waals surface area contributed by atoms with E-state index in [0.717, 1.165) is 18.1 Å². The van der Waals surface area contributed by atoms with Crippen LogP contribution in [-0.4, -0.2) is 7.11 Å². The minimum atomic E-state index is 0.508. The van der Waals surface area contributed by atoms with Crippen LogP contribution in [0, 0.1) is 11.8 Å². The second-order valence-corrected chi connectivity index (χ2v) is 5.69. The molecule has 0 spiro atoms. The van der Waals surface area contributed by atoms with Gasteiger partial charge in [-0.05, 0) is 48.4 Å². The highest BCUT2D eigenvalue weighted by Crippen LogP contribution is 2.24. The highest BCUT2D eigenvalue weighted by atomic mass is 16.5. The molecule has 0 saturated heterocycles. The van der Waals surface area contributed by atoms with Gasteiger partial charge in [0.25, 0.3) is 0 Å². The molecule has 1 nitrogen and oxygen atoms in total. The van der Waals surface area contributed by atoms with Gasteiger partial charge >= 0.3 is 0 Å². The molecule has 1 heteroatoms. The Bertz CT molecular complexity index is 396. The smallest absolute Gasteiger partial charge is 0.118 e. The zero-order valence-corrected chi connectivity index (χ0v) is 15.9. The summed E-state index contributed by atoms with van der Waals surface area (Å²) >= 11 is 0. The lowest BCUT2D eigenvalue weighted by atomic mass is 9.95. The first kappa shape index (κ1) is 22.8. The highest BCUT2D eigenvalue weighted by Gasteiger charge is 2.04.